The average Bonchev–Trinajstić information content (AvgIpc) is 2.38. The van der Waals surface area contributed by atoms with Crippen molar-refractivity contribution in [1.82, 2.24) is 0 Å². The van der Waals surface area contributed by atoms with Crippen LogP contribution in [0.25, 0.3) is 0 Å². The highest BCUT2D eigenvalue weighted by molar-refractivity contribution is 7.80. The maximum Gasteiger partial charge on any atom is 0.119 e. The van der Waals surface area contributed by atoms with Crippen LogP contribution in [0.15, 0.2) is 30.3 Å². The second kappa shape index (κ2) is 8.12. The van der Waals surface area contributed by atoms with Gasteiger partial charge in [-0.15, -0.1) is 0 Å². The van der Waals surface area contributed by atoms with Crippen molar-refractivity contribution in [3.05, 3.63) is 30.3 Å². The number of hydrogen-bond donors (Lipinski definition) is 1. The zero-order valence-corrected chi connectivity index (χ0v) is 12.5. The van der Waals surface area contributed by atoms with E-state index in [0.29, 0.717) is 24.8 Å². The first kappa shape index (κ1) is 15.9. The van der Waals surface area contributed by atoms with E-state index in [2.05, 4.69) is 13.8 Å². The highest BCUT2D eigenvalue weighted by Gasteiger charge is 2.20. The van der Waals surface area contributed by atoms with Crippen LogP contribution >= 0.6 is 12.2 Å². The summed E-state index contributed by atoms with van der Waals surface area (Å²) >= 11 is 5.02. The van der Waals surface area contributed by atoms with Gasteiger partial charge >= 0.3 is 0 Å². The van der Waals surface area contributed by atoms with Gasteiger partial charge in [-0.05, 0) is 25.0 Å². The molecule has 4 heteroatoms. The topological polar surface area (TPSA) is 44.5 Å². The first-order valence-corrected chi connectivity index (χ1v) is 6.99. The lowest BCUT2D eigenvalue weighted by molar-refractivity contribution is 0.0943. The quantitative estimate of drug-likeness (QED) is 0.558. The normalized spacial score (nSPS) is 11.3. The van der Waals surface area contributed by atoms with E-state index in [1.807, 2.05) is 30.3 Å². The molecule has 0 bridgehead atoms. The zero-order valence-electron chi connectivity index (χ0n) is 11.7. The molecule has 0 aliphatic carbocycles. The summed E-state index contributed by atoms with van der Waals surface area (Å²) in [5, 5.41) is 0. The standard InChI is InChI=1S/C15H23NO2S/c1-15(2,14(16)19)9-6-10-17-11-12-18-13-7-4-3-5-8-13/h3-5,7-8H,6,9-12H2,1-2H3,(H2,16,19). The predicted octanol–water partition coefficient (Wildman–Crippen LogP) is 3.17. The number of nitrogens with two attached hydrogens (primary N) is 1. The Bertz CT molecular complexity index is 379. The van der Waals surface area contributed by atoms with E-state index in [4.69, 9.17) is 27.4 Å². The molecule has 1 aromatic carbocycles. The molecule has 0 amide bonds. The van der Waals surface area contributed by atoms with Gasteiger partial charge in [0.15, 0.2) is 0 Å². The van der Waals surface area contributed by atoms with Gasteiger partial charge in [-0.25, -0.2) is 0 Å². The molecule has 0 saturated heterocycles. The molecule has 1 rings (SSSR count). The fourth-order valence-corrected chi connectivity index (χ4v) is 1.68. The van der Waals surface area contributed by atoms with Crippen molar-refractivity contribution in [2.45, 2.75) is 26.7 Å². The number of ether oxygens (including phenoxy) is 2. The van der Waals surface area contributed by atoms with E-state index in [-0.39, 0.29) is 5.41 Å². The van der Waals surface area contributed by atoms with Gasteiger partial charge in [0.05, 0.1) is 11.6 Å². The highest BCUT2D eigenvalue weighted by atomic mass is 32.1. The first-order chi connectivity index (χ1) is 9.02. The molecular formula is C15H23NO2S. The summed E-state index contributed by atoms with van der Waals surface area (Å²) in [6.45, 7) is 6.01. The molecule has 0 saturated carbocycles. The van der Waals surface area contributed by atoms with Crippen LogP contribution in [0.2, 0.25) is 0 Å². The molecule has 0 atom stereocenters. The summed E-state index contributed by atoms with van der Waals surface area (Å²) in [6.07, 6.45) is 1.90. The molecule has 0 spiro atoms. The Hall–Kier alpha value is -1.13. The number of para-hydroxylation sites is 1. The Kier molecular flexibility index (Phi) is 6.81. The van der Waals surface area contributed by atoms with Gasteiger partial charge in [-0.1, -0.05) is 44.3 Å². The molecule has 0 aromatic heterocycles. The summed E-state index contributed by atoms with van der Waals surface area (Å²) < 4.78 is 11.0. The van der Waals surface area contributed by atoms with Crippen molar-refractivity contribution in [2.75, 3.05) is 19.8 Å². The van der Waals surface area contributed by atoms with Crippen LogP contribution in [0.5, 0.6) is 5.75 Å². The van der Waals surface area contributed by atoms with E-state index < -0.39 is 0 Å². The second-order valence-corrected chi connectivity index (χ2v) is 5.57. The molecule has 0 radical (unpaired) electrons. The summed E-state index contributed by atoms with van der Waals surface area (Å²) in [5.74, 6) is 0.876. The summed E-state index contributed by atoms with van der Waals surface area (Å²) in [6, 6.07) is 9.74. The maximum atomic E-state index is 5.67. The zero-order chi connectivity index (χ0) is 14.1. The van der Waals surface area contributed by atoms with Crippen molar-refractivity contribution < 1.29 is 9.47 Å². The van der Waals surface area contributed by atoms with Crippen LogP contribution in [0.1, 0.15) is 26.7 Å². The van der Waals surface area contributed by atoms with Gasteiger partial charge < -0.3 is 15.2 Å². The van der Waals surface area contributed by atoms with Crippen molar-refractivity contribution in [3.63, 3.8) is 0 Å². The molecule has 0 fully saturated rings. The lowest BCUT2D eigenvalue weighted by atomic mass is 9.88. The number of hydrogen-bond acceptors (Lipinski definition) is 3. The lowest BCUT2D eigenvalue weighted by Crippen LogP contribution is -2.29. The molecule has 2 N–H and O–H groups in total. The van der Waals surface area contributed by atoms with Crippen LogP contribution in [-0.4, -0.2) is 24.8 Å². The van der Waals surface area contributed by atoms with Crippen LogP contribution in [0.3, 0.4) is 0 Å². The van der Waals surface area contributed by atoms with Crippen LogP contribution in [-0.2, 0) is 4.74 Å². The molecule has 0 unspecified atom stereocenters. The van der Waals surface area contributed by atoms with Crippen molar-refractivity contribution >= 4 is 17.2 Å². The van der Waals surface area contributed by atoms with Gasteiger partial charge in [0, 0.05) is 12.0 Å². The summed E-state index contributed by atoms with van der Waals surface area (Å²) in [5.41, 5.74) is 5.58. The molecule has 0 aliphatic rings. The summed E-state index contributed by atoms with van der Waals surface area (Å²) in [4.78, 5) is 0.569. The van der Waals surface area contributed by atoms with Gasteiger partial charge in [0.2, 0.25) is 0 Å². The van der Waals surface area contributed by atoms with E-state index in [9.17, 15) is 0 Å². The minimum atomic E-state index is -0.0841. The largest absolute Gasteiger partial charge is 0.491 e. The fourth-order valence-electron chi connectivity index (χ4n) is 1.58. The van der Waals surface area contributed by atoms with E-state index in [1.54, 1.807) is 0 Å². The van der Waals surface area contributed by atoms with Gasteiger partial charge in [-0.2, -0.15) is 0 Å². The van der Waals surface area contributed by atoms with Crippen LogP contribution in [0, 0.1) is 5.41 Å². The second-order valence-electron chi connectivity index (χ2n) is 5.13. The van der Waals surface area contributed by atoms with Crippen LogP contribution < -0.4 is 10.5 Å². The Labute approximate surface area is 121 Å². The SMILES string of the molecule is CC(C)(CCCOCCOc1ccccc1)C(N)=S. The Morgan fingerprint density at radius 3 is 2.47 bits per heavy atom. The average molecular weight is 281 g/mol. The molecule has 19 heavy (non-hydrogen) atoms. The summed E-state index contributed by atoms with van der Waals surface area (Å²) in [7, 11) is 0. The molecular weight excluding hydrogens is 258 g/mol. The van der Waals surface area contributed by atoms with Gasteiger partial charge in [0.1, 0.15) is 12.4 Å². The van der Waals surface area contributed by atoms with Crippen LogP contribution in [0.4, 0.5) is 0 Å². The third-order valence-electron chi connectivity index (χ3n) is 3.00. The number of benzene rings is 1. The monoisotopic (exact) mass is 281 g/mol. The lowest BCUT2D eigenvalue weighted by Gasteiger charge is -2.22. The molecule has 1 aromatic rings. The molecule has 106 valence electrons. The van der Waals surface area contributed by atoms with Gasteiger partial charge in [0.25, 0.3) is 0 Å². The minimum absolute atomic E-state index is 0.0841. The Balaban J connectivity index is 2.02. The van der Waals surface area contributed by atoms with Crippen molar-refractivity contribution in [2.24, 2.45) is 11.1 Å². The molecule has 0 aliphatic heterocycles. The molecule has 0 heterocycles. The number of rotatable bonds is 9. The van der Waals surface area contributed by atoms with Crippen molar-refractivity contribution in [3.8, 4) is 5.75 Å². The minimum Gasteiger partial charge on any atom is -0.491 e. The van der Waals surface area contributed by atoms with Crippen molar-refractivity contribution in [1.29, 1.82) is 0 Å². The van der Waals surface area contributed by atoms with Gasteiger partial charge in [-0.3, -0.25) is 0 Å². The smallest absolute Gasteiger partial charge is 0.119 e. The third-order valence-corrected chi connectivity index (χ3v) is 3.55. The van der Waals surface area contributed by atoms with E-state index in [0.717, 1.165) is 18.6 Å². The third kappa shape index (κ3) is 6.55. The number of thiocarbonyl (C=S) groups is 1. The Morgan fingerprint density at radius 2 is 1.84 bits per heavy atom. The van der Waals surface area contributed by atoms with E-state index >= 15 is 0 Å². The maximum absolute atomic E-state index is 5.67. The predicted molar refractivity (Wildman–Crippen MR) is 82.6 cm³/mol. The highest BCUT2D eigenvalue weighted by Crippen LogP contribution is 2.22. The Morgan fingerprint density at radius 1 is 1.16 bits per heavy atom. The fraction of sp³-hybridized carbons (Fsp3) is 0.533. The van der Waals surface area contributed by atoms with E-state index in [1.165, 1.54) is 0 Å². The first-order valence-electron chi connectivity index (χ1n) is 6.58. The molecule has 3 nitrogen and oxygen atoms in total.